The van der Waals surface area contributed by atoms with Gasteiger partial charge in [0.05, 0.1) is 12.2 Å². The van der Waals surface area contributed by atoms with E-state index >= 15 is 0 Å². The smallest absolute Gasteiger partial charge is 0.338 e. The molecule has 0 spiro atoms. The van der Waals surface area contributed by atoms with Crippen LogP contribution in [-0.2, 0) is 14.9 Å². The zero-order valence-electron chi connectivity index (χ0n) is 16.8. The molecule has 1 N–H and O–H groups in total. The molecule has 1 aromatic heterocycles. The molecule has 7 nitrogen and oxygen atoms in total. The largest absolute Gasteiger partial charge is 0.462 e. The number of nitrogens with zero attached hydrogens (tertiary/aromatic N) is 4. The van der Waals surface area contributed by atoms with Crippen LogP contribution in [0.1, 0.15) is 58.7 Å². The van der Waals surface area contributed by atoms with E-state index in [1.165, 1.54) is 5.56 Å². The summed E-state index contributed by atoms with van der Waals surface area (Å²) in [6, 6.07) is 7.82. The van der Waals surface area contributed by atoms with Gasteiger partial charge in [0.25, 0.3) is 0 Å². The van der Waals surface area contributed by atoms with E-state index < -0.39 is 6.04 Å². The highest BCUT2D eigenvalue weighted by Gasteiger charge is 2.35. The summed E-state index contributed by atoms with van der Waals surface area (Å²) in [5.74, 6) is 0.428. The average molecular weight is 369 g/mol. The Kier molecular flexibility index (Phi) is 5.04. The number of rotatable bonds is 4. The van der Waals surface area contributed by atoms with E-state index in [9.17, 15) is 4.79 Å². The van der Waals surface area contributed by atoms with Gasteiger partial charge in [0.1, 0.15) is 6.04 Å². The van der Waals surface area contributed by atoms with E-state index in [0.717, 1.165) is 5.56 Å². The van der Waals surface area contributed by atoms with Crippen LogP contribution < -0.4 is 5.32 Å². The summed E-state index contributed by atoms with van der Waals surface area (Å²) >= 11 is 0. The fourth-order valence-corrected chi connectivity index (χ4v) is 3.07. The number of hydrogen-bond acceptors (Lipinski definition) is 6. The third kappa shape index (κ3) is 3.86. The first-order chi connectivity index (χ1) is 12.7. The number of carbonyl (C=O) groups excluding carboxylic acids is 1. The van der Waals surface area contributed by atoms with E-state index in [1.54, 1.807) is 4.68 Å². The molecule has 1 aromatic carbocycles. The van der Waals surface area contributed by atoms with Crippen molar-refractivity contribution in [1.82, 2.24) is 20.2 Å². The van der Waals surface area contributed by atoms with Gasteiger partial charge >= 0.3 is 5.97 Å². The average Bonchev–Trinajstić information content (AvgIpc) is 3.05. The van der Waals surface area contributed by atoms with Crippen LogP contribution in [0.5, 0.6) is 0 Å². The molecule has 0 radical (unpaired) electrons. The summed E-state index contributed by atoms with van der Waals surface area (Å²) in [6.45, 7) is 12.8. The Morgan fingerprint density at radius 1 is 1.26 bits per heavy atom. The minimum atomic E-state index is -0.426. The second kappa shape index (κ2) is 7.13. The lowest BCUT2D eigenvalue weighted by molar-refractivity contribution is -0.140. The Balaban J connectivity index is 2.02. The topological polar surface area (TPSA) is 81.9 Å². The Morgan fingerprint density at radius 2 is 1.93 bits per heavy atom. The lowest BCUT2D eigenvalue weighted by atomic mass is 9.85. The quantitative estimate of drug-likeness (QED) is 0.831. The highest BCUT2D eigenvalue weighted by atomic mass is 16.5. The SMILES string of the molecule is CC1=C(C(=O)OCC(C)C)C(c2ccc(C(C)(C)C)cc2)n2nnnc2N1. The Hall–Kier alpha value is -2.70. The molecular weight excluding hydrogens is 342 g/mol. The van der Waals surface area contributed by atoms with Crippen LogP contribution in [0.3, 0.4) is 0 Å². The first kappa shape index (κ1) is 19.1. The number of esters is 1. The van der Waals surface area contributed by atoms with Crippen LogP contribution in [0.25, 0.3) is 0 Å². The van der Waals surface area contributed by atoms with Crippen molar-refractivity contribution in [3.05, 3.63) is 46.7 Å². The van der Waals surface area contributed by atoms with Crippen LogP contribution >= 0.6 is 0 Å². The first-order valence-corrected chi connectivity index (χ1v) is 9.21. The number of hydrogen-bond donors (Lipinski definition) is 1. The molecule has 3 rings (SSSR count). The molecule has 1 aliphatic rings. The van der Waals surface area contributed by atoms with E-state index in [2.05, 4.69) is 53.7 Å². The Morgan fingerprint density at radius 3 is 2.52 bits per heavy atom. The fourth-order valence-electron chi connectivity index (χ4n) is 3.07. The zero-order chi connectivity index (χ0) is 19.8. The van der Waals surface area contributed by atoms with Gasteiger partial charge in [-0.05, 0) is 39.8 Å². The van der Waals surface area contributed by atoms with E-state index in [1.807, 2.05) is 32.9 Å². The number of nitrogens with one attached hydrogen (secondary N) is 1. The van der Waals surface area contributed by atoms with Crippen LogP contribution in [0.4, 0.5) is 5.95 Å². The van der Waals surface area contributed by atoms with Gasteiger partial charge in [-0.1, -0.05) is 64.0 Å². The molecule has 1 unspecified atom stereocenters. The van der Waals surface area contributed by atoms with Crippen molar-refractivity contribution >= 4 is 11.9 Å². The summed E-state index contributed by atoms with van der Waals surface area (Å²) in [5.41, 5.74) is 3.45. The summed E-state index contributed by atoms with van der Waals surface area (Å²) in [6.07, 6.45) is 0. The normalized spacial score (nSPS) is 16.9. The highest BCUT2D eigenvalue weighted by molar-refractivity contribution is 5.92. The maximum atomic E-state index is 12.9. The molecule has 27 heavy (non-hydrogen) atoms. The molecule has 2 aromatic rings. The predicted molar refractivity (Wildman–Crippen MR) is 103 cm³/mol. The van der Waals surface area contributed by atoms with Crippen LogP contribution in [0, 0.1) is 5.92 Å². The monoisotopic (exact) mass is 369 g/mol. The first-order valence-electron chi connectivity index (χ1n) is 9.21. The number of aromatic nitrogens is 4. The lowest BCUT2D eigenvalue weighted by Crippen LogP contribution is -2.30. The third-order valence-corrected chi connectivity index (χ3v) is 4.57. The molecule has 0 bridgehead atoms. The van der Waals surface area contributed by atoms with Gasteiger partial charge in [-0.3, -0.25) is 0 Å². The maximum absolute atomic E-state index is 12.9. The summed E-state index contributed by atoms with van der Waals surface area (Å²) in [5, 5.41) is 15.0. The van der Waals surface area contributed by atoms with Crippen molar-refractivity contribution in [3.8, 4) is 0 Å². The van der Waals surface area contributed by atoms with Crippen molar-refractivity contribution in [2.75, 3.05) is 11.9 Å². The molecular formula is C20H27N5O2. The molecule has 1 atom stereocenters. The van der Waals surface area contributed by atoms with Gasteiger partial charge in [0.2, 0.25) is 5.95 Å². The molecule has 0 saturated carbocycles. The number of benzene rings is 1. The van der Waals surface area contributed by atoms with Crippen molar-refractivity contribution in [2.24, 2.45) is 5.92 Å². The summed E-state index contributed by atoms with van der Waals surface area (Å²) < 4.78 is 7.15. The van der Waals surface area contributed by atoms with Crippen LogP contribution in [-0.4, -0.2) is 32.8 Å². The van der Waals surface area contributed by atoms with Gasteiger partial charge in [-0.15, -0.1) is 0 Å². The zero-order valence-corrected chi connectivity index (χ0v) is 16.8. The summed E-state index contributed by atoms with van der Waals surface area (Å²) in [4.78, 5) is 12.9. The van der Waals surface area contributed by atoms with Gasteiger partial charge in [0, 0.05) is 5.70 Å². The minimum absolute atomic E-state index is 0.0530. The van der Waals surface area contributed by atoms with Crippen molar-refractivity contribution in [2.45, 2.75) is 53.0 Å². The lowest BCUT2D eigenvalue weighted by Gasteiger charge is -2.28. The minimum Gasteiger partial charge on any atom is -0.462 e. The van der Waals surface area contributed by atoms with Gasteiger partial charge in [-0.2, -0.15) is 4.68 Å². The molecule has 0 fully saturated rings. The number of fused-ring (bicyclic) bond motifs is 1. The standard InChI is InChI=1S/C20H27N5O2/c1-12(2)11-27-18(26)16-13(3)21-19-22-23-24-25(19)17(16)14-7-9-15(10-8-14)20(4,5)6/h7-10,12,17H,11H2,1-6H3,(H,21,22,24). The summed E-state index contributed by atoms with van der Waals surface area (Å²) in [7, 11) is 0. The van der Waals surface area contributed by atoms with Gasteiger partial charge < -0.3 is 10.1 Å². The molecule has 2 heterocycles. The molecule has 0 saturated heterocycles. The van der Waals surface area contributed by atoms with E-state index in [4.69, 9.17) is 4.74 Å². The second-order valence-electron chi connectivity index (χ2n) is 8.38. The number of ether oxygens (including phenoxy) is 1. The van der Waals surface area contributed by atoms with Crippen LogP contribution in [0.2, 0.25) is 0 Å². The fraction of sp³-hybridized carbons (Fsp3) is 0.500. The van der Waals surface area contributed by atoms with E-state index in [0.29, 0.717) is 23.8 Å². The van der Waals surface area contributed by atoms with Gasteiger partial charge in [0.15, 0.2) is 0 Å². The molecule has 0 aliphatic carbocycles. The molecule has 144 valence electrons. The molecule has 0 amide bonds. The predicted octanol–water partition coefficient (Wildman–Crippen LogP) is 3.46. The van der Waals surface area contributed by atoms with Crippen molar-refractivity contribution in [1.29, 1.82) is 0 Å². The van der Waals surface area contributed by atoms with Crippen molar-refractivity contribution in [3.63, 3.8) is 0 Å². The third-order valence-electron chi connectivity index (χ3n) is 4.57. The van der Waals surface area contributed by atoms with Gasteiger partial charge in [-0.25, -0.2) is 4.79 Å². The number of allylic oxidation sites excluding steroid dienone is 1. The Labute approximate surface area is 159 Å². The number of tetrazole rings is 1. The highest BCUT2D eigenvalue weighted by Crippen LogP contribution is 2.35. The second-order valence-corrected chi connectivity index (χ2v) is 8.38. The maximum Gasteiger partial charge on any atom is 0.338 e. The molecule has 1 aliphatic heterocycles. The number of carbonyl (C=O) groups is 1. The van der Waals surface area contributed by atoms with Crippen molar-refractivity contribution < 1.29 is 9.53 Å². The molecule has 7 heteroatoms. The van der Waals surface area contributed by atoms with Crippen LogP contribution in [0.15, 0.2) is 35.5 Å². The van der Waals surface area contributed by atoms with E-state index in [-0.39, 0.29) is 17.3 Å². The number of anilines is 1. The Bertz CT molecular complexity index is 859.